The largest absolute Gasteiger partial charge is 0.481 e. The second kappa shape index (κ2) is 12.9. The van der Waals surface area contributed by atoms with E-state index in [1.165, 1.54) is 0 Å². The molecule has 7 rings (SSSR count). The fourth-order valence-corrected chi connectivity index (χ4v) is 13.3. The summed E-state index contributed by atoms with van der Waals surface area (Å²) in [7, 11) is 0. The minimum Gasteiger partial charge on any atom is -0.481 e. The maximum atomic E-state index is 14.0. The SMILES string of the molecule is CC1C2CCC(C2)C1C1C(=O)OC(=O)C1C1C2CC(CC2C(=O)OC(C)(C)C)C1C1C(C)C2CC1C(C(=O)O)C2C(=O)OCCOCCO. The van der Waals surface area contributed by atoms with Gasteiger partial charge in [-0.25, -0.2) is 0 Å². The zero-order chi connectivity index (χ0) is 35.1. The van der Waals surface area contributed by atoms with E-state index >= 15 is 0 Å². The van der Waals surface area contributed by atoms with E-state index < -0.39 is 59.1 Å². The van der Waals surface area contributed by atoms with Gasteiger partial charge in [0, 0.05) is 0 Å². The van der Waals surface area contributed by atoms with Crippen molar-refractivity contribution in [3.63, 3.8) is 0 Å². The molecule has 17 atom stereocenters. The minimum absolute atomic E-state index is 0.0105. The summed E-state index contributed by atoms with van der Waals surface area (Å²) in [4.78, 5) is 67.8. The van der Waals surface area contributed by atoms with Crippen LogP contribution < -0.4 is 0 Å². The molecule has 0 amide bonds. The number of esters is 4. The van der Waals surface area contributed by atoms with E-state index in [1.807, 2.05) is 20.8 Å². The van der Waals surface area contributed by atoms with Crippen molar-refractivity contribution in [2.24, 2.45) is 101 Å². The van der Waals surface area contributed by atoms with E-state index in [0.717, 1.165) is 25.7 Å². The van der Waals surface area contributed by atoms with Crippen molar-refractivity contribution >= 4 is 29.8 Å². The van der Waals surface area contributed by atoms with Crippen LogP contribution in [0.3, 0.4) is 0 Å². The number of aliphatic carboxylic acids is 1. The van der Waals surface area contributed by atoms with Crippen molar-refractivity contribution < 1.29 is 53.1 Å². The van der Waals surface area contributed by atoms with Gasteiger partial charge in [0.25, 0.3) is 0 Å². The molecule has 7 fully saturated rings. The second-order valence-electron chi connectivity index (χ2n) is 17.6. The van der Waals surface area contributed by atoms with Crippen molar-refractivity contribution in [2.45, 2.75) is 78.7 Å². The Balaban J connectivity index is 1.21. The number of aliphatic hydroxyl groups excluding tert-OH is 1. The maximum absolute atomic E-state index is 14.0. The molecular formula is C38H54O11. The lowest BCUT2D eigenvalue weighted by Crippen LogP contribution is -2.51. The van der Waals surface area contributed by atoms with Gasteiger partial charge in [0.05, 0.1) is 49.4 Å². The summed E-state index contributed by atoms with van der Waals surface area (Å²) in [5.74, 6) is -5.77. The van der Waals surface area contributed by atoms with Crippen LogP contribution in [0.1, 0.15) is 73.1 Å². The molecule has 49 heavy (non-hydrogen) atoms. The van der Waals surface area contributed by atoms with Gasteiger partial charge < -0.3 is 29.2 Å². The number of ether oxygens (including phenoxy) is 4. The van der Waals surface area contributed by atoms with Crippen molar-refractivity contribution in [2.75, 3.05) is 26.4 Å². The van der Waals surface area contributed by atoms with E-state index in [0.29, 0.717) is 30.6 Å². The third-order valence-electron chi connectivity index (χ3n) is 14.6. The van der Waals surface area contributed by atoms with Gasteiger partial charge in [-0.2, -0.15) is 0 Å². The van der Waals surface area contributed by atoms with E-state index in [4.69, 9.17) is 24.1 Å². The molecule has 2 N–H and O–H groups in total. The molecule has 272 valence electrons. The summed E-state index contributed by atoms with van der Waals surface area (Å²) in [6.07, 6.45) is 5.21. The Morgan fingerprint density at radius 1 is 0.735 bits per heavy atom. The molecule has 7 aliphatic rings. The molecule has 6 aliphatic carbocycles. The first-order valence-corrected chi connectivity index (χ1v) is 18.8. The van der Waals surface area contributed by atoms with Crippen LogP contribution in [0.4, 0.5) is 0 Å². The van der Waals surface area contributed by atoms with Gasteiger partial charge >= 0.3 is 29.8 Å². The van der Waals surface area contributed by atoms with Crippen LogP contribution in [0.5, 0.6) is 0 Å². The van der Waals surface area contributed by atoms with Crippen LogP contribution >= 0.6 is 0 Å². The summed E-state index contributed by atoms with van der Waals surface area (Å²) in [5, 5.41) is 19.5. The van der Waals surface area contributed by atoms with Crippen LogP contribution in [0.25, 0.3) is 0 Å². The van der Waals surface area contributed by atoms with Gasteiger partial charge in [0.15, 0.2) is 0 Å². The predicted molar refractivity (Wildman–Crippen MR) is 172 cm³/mol. The molecule has 6 saturated carbocycles. The van der Waals surface area contributed by atoms with Crippen molar-refractivity contribution in [1.82, 2.24) is 0 Å². The number of aliphatic hydroxyl groups is 1. The molecule has 0 aromatic carbocycles. The molecular weight excluding hydrogens is 632 g/mol. The van der Waals surface area contributed by atoms with Crippen molar-refractivity contribution in [3.8, 4) is 0 Å². The Bertz CT molecular complexity index is 1350. The quantitative estimate of drug-likeness (QED) is 0.140. The van der Waals surface area contributed by atoms with Crippen LogP contribution in [0.15, 0.2) is 0 Å². The van der Waals surface area contributed by atoms with Crippen molar-refractivity contribution in [1.29, 1.82) is 0 Å². The lowest BCUT2D eigenvalue weighted by molar-refractivity contribution is -0.169. The third kappa shape index (κ3) is 5.73. The molecule has 0 radical (unpaired) electrons. The van der Waals surface area contributed by atoms with Crippen LogP contribution in [0, 0.1) is 101 Å². The smallest absolute Gasteiger partial charge is 0.317 e. The number of rotatable bonds is 11. The van der Waals surface area contributed by atoms with Crippen LogP contribution in [-0.2, 0) is 42.9 Å². The van der Waals surface area contributed by atoms with Gasteiger partial charge in [0.1, 0.15) is 12.2 Å². The normalized spacial score (nSPS) is 46.4. The van der Waals surface area contributed by atoms with Gasteiger partial charge in [-0.05, 0) is 130 Å². The van der Waals surface area contributed by atoms with Crippen LogP contribution in [-0.4, -0.2) is 72.1 Å². The van der Waals surface area contributed by atoms with Gasteiger partial charge in [-0.1, -0.05) is 13.8 Å². The summed E-state index contributed by atoms with van der Waals surface area (Å²) in [5.41, 5.74) is -0.667. The Kier molecular flexibility index (Phi) is 9.19. The molecule has 6 bridgehead atoms. The zero-order valence-corrected chi connectivity index (χ0v) is 29.5. The molecule has 11 heteroatoms. The first kappa shape index (κ1) is 34.9. The number of cyclic esters (lactones) is 2. The molecule has 11 nitrogen and oxygen atoms in total. The van der Waals surface area contributed by atoms with E-state index in [-0.39, 0.29) is 85.7 Å². The Morgan fingerprint density at radius 2 is 1.43 bits per heavy atom. The molecule has 1 aliphatic heterocycles. The topological polar surface area (TPSA) is 163 Å². The highest BCUT2D eigenvalue weighted by atomic mass is 16.6. The number of carboxylic acids is 1. The van der Waals surface area contributed by atoms with Gasteiger partial charge in [-0.15, -0.1) is 0 Å². The first-order valence-electron chi connectivity index (χ1n) is 18.8. The highest BCUT2D eigenvalue weighted by Gasteiger charge is 2.71. The number of carbonyl (C=O) groups is 5. The number of carbonyl (C=O) groups excluding carboxylic acids is 4. The number of carboxylic acid groups (broad SMARTS) is 1. The lowest BCUT2D eigenvalue weighted by atomic mass is 9.54. The van der Waals surface area contributed by atoms with E-state index in [1.54, 1.807) is 0 Å². The monoisotopic (exact) mass is 686 g/mol. The average molecular weight is 687 g/mol. The summed E-state index contributed by atoms with van der Waals surface area (Å²) < 4.78 is 22.2. The summed E-state index contributed by atoms with van der Waals surface area (Å²) >= 11 is 0. The second-order valence-corrected chi connectivity index (χ2v) is 17.6. The van der Waals surface area contributed by atoms with Crippen molar-refractivity contribution in [3.05, 3.63) is 0 Å². The standard InChI is InChI=1S/C38H54O11/c1-16-18-6-7-19(12-18)25(16)31-32(37(45)48-36(31)44)28-22-13-20(14-23(22)34(42)49-38(3,4)5)27(28)26-17(2)21-15-24(26)29(33(40)41)30(21)35(43)47-11-10-46-9-8-39/h16-32,39H,6-15H2,1-5H3,(H,40,41). The number of hydrogen-bond donors (Lipinski definition) is 2. The molecule has 0 spiro atoms. The predicted octanol–water partition coefficient (Wildman–Crippen LogP) is 3.99. The Labute approximate surface area is 288 Å². The molecule has 0 aromatic heterocycles. The molecule has 17 unspecified atom stereocenters. The van der Waals surface area contributed by atoms with Gasteiger partial charge in [0.2, 0.25) is 0 Å². The van der Waals surface area contributed by atoms with E-state index in [9.17, 15) is 29.1 Å². The fraction of sp³-hybridized carbons (Fsp3) is 0.868. The van der Waals surface area contributed by atoms with E-state index in [2.05, 4.69) is 13.8 Å². The highest BCUT2D eigenvalue weighted by Crippen LogP contribution is 2.70. The summed E-state index contributed by atoms with van der Waals surface area (Å²) in [6, 6.07) is 0. The molecule has 1 saturated heterocycles. The highest BCUT2D eigenvalue weighted by molar-refractivity contribution is 5.97. The lowest BCUT2D eigenvalue weighted by Gasteiger charge is -2.48. The number of hydrogen-bond acceptors (Lipinski definition) is 10. The van der Waals surface area contributed by atoms with Crippen LogP contribution in [0.2, 0.25) is 0 Å². The third-order valence-corrected chi connectivity index (χ3v) is 14.6. The Hall–Kier alpha value is -2.53. The fourth-order valence-electron chi connectivity index (χ4n) is 13.3. The summed E-state index contributed by atoms with van der Waals surface area (Å²) in [6.45, 7) is 9.97. The zero-order valence-electron chi connectivity index (χ0n) is 29.5. The number of fused-ring (bicyclic) bond motifs is 6. The Morgan fingerprint density at radius 3 is 2.06 bits per heavy atom. The van der Waals surface area contributed by atoms with Gasteiger partial charge in [-0.3, -0.25) is 24.0 Å². The first-order chi connectivity index (χ1) is 23.2. The maximum Gasteiger partial charge on any atom is 0.317 e. The molecule has 0 aromatic rings. The average Bonchev–Trinajstić information content (AvgIpc) is 3.87. The molecule has 1 heterocycles. The minimum atomic E-state index is -1.02.